The number of hydrogen-bond donors (Lipinski definition) is 2. The molecular weight excluding hydrogens is 244 g/mol. The number of H-pyrrole nitrogens is 2. The molecule has 5 nitrogen and oxygen atoms in total. The molecule has 2 N–H and O–H groups in total. The van der Waals surface area contributed by atoms with E-state index in [0.717, 1.165) is 5.56 Å². The van der Waals surface area contributed by atoms with E-state index in [4.69, 9.17) is 4.74 Å². The van der Waals surface area contributed by atoms with Crippen LogP contribution in [0.2, 0.25) is 0 Å². The van der Waals surface area contributed by atoms with Crippen molar-refractivity contribution < 1.29 is 4.74 Å². The third-order valence-corrected chi connectivity index (χ3v) is 3.08. The number of ether oxygens (including phenoxy) is 1. The molecule has 5 heteroatoms. The first kappa shape index (κ1) is 11.5. The maximum absolute atomic E-state index is 12.0. The van der Waals surface area contributed by atoms with Gasteiger partial charge in [0.2, 0.25) is 5.88 Å². The van der Waals surface area contributed by atoms with Crippen molar-refractivity contribution in [3.05, 3.63) is 74.1 Å². The zero-order chi connectivity index (χ0) is 13.4. The van der Waals surface area contributed by atoms with Crippen LogP contribution < -0.4 is 16.0 Å². The maximum atomic E-state index is 12.0. The molecule has 0 radical (unpaired) electrons. The molecule has 1 aromatic carbocycles. The van der Waals surface area contributed by atoms with Crippen LogP contribution in [0.1, 0.15) is 24.0 Å². The number of rotatable bonds is 1. The van der Waals surface area contributed by atoms with Crippen molar-refractivity contribution in [2.24, 2.45) is 0 Å². The molecule has 0 fully saturated rings. The SMILES string of the molecule is CC1=C[C@H](c2ccccc2)c2c([nH]c(=O)[nH]c2=O)O1. The van der Waals surface area contributed by atoms with Crippen molar-refractivity contribution >= 4 is 0 Å². The van der Waals surface area contributed by atoms with E-state index in [1.54, 1.807) is 6.92 Å². The fourth-order valence-electron chi connectivity index (χ4n) is 2.27. The fourth-order valence-corrected chi connectivity index (χ4v) is 2.27. The van der Waals surface area contributed by atoms with Gasteiger partial charge >= 0.3 is 5.69 Å². The number of aromatic amines is 2. The summed E-state index contributed by atoms with van der Waals surface area (Å²) in [6.45, 7) is 1.79. The Kier molecular flexibility index (Phi) is 2.59. The lowest BCUT2D eigenvalue weighted by Gasteiger charge is -2.22. The lowest BCUT2D eigenvalue weighted by molar-refractivity contribution is 0.385. The number of nitrogens with one attached hydrogen (secondary N) is 2. The Labute approximate surface area is 108 Å². The molecule has 0 spiro atoms. The normalized spacial score (nSPS) is 17.3. The van der Waals surface area contributed by atoms with E-state index in [2.05, 4.69) is 9.97 Å². The number of allylic oxidation sites excluding steroid dienone is 2. The Morgan fingerprint density at radius 3 is 2.58 bits per heavy atom. The highest BCUT2D eigenvalue weighted by Gasteiger charge is 2.26. The van der Waals surface area contributed by atoms with Crippen molar-refractivity contribution in [1.82, 2.24) is 9.97 Å². The molecule has 0 saturated heterocycles. The molecule has 0 bridgehead atoms. The van der Waals surface area contributed by atoms with Gasteiger partial charge in [-0.25, -0.2) is 4.79 Å². The molecule has 0 aliphatic carbocycles. The first-order chi connectivity index (χ1) is 9.15. The molecule has 0 saturated carbocycles. The van der Waals surface area contributed by atoms with Gasteiger partial charge in [-0.05, 0) is 18.6 Å². The molecular formula is C14H12N2O3. The summed E-state index contributed by atoms with van der Waals surface area (Å²) in [5.41, 5.74) is 0.418. The minimum absolute atomic E-state index is 0.217. The van der Waals surface area contributed by atoms with Crippen LogP contribution in [0.15, 0.2) is 51.8 Å². The standard InChI is InChI=1S/C14H12N2O3/c1-8-7-10(9-5-3-2-4-6-9)11-12(17)15-14(18)16-13(11)19-8/h2-7,10H,1H3,(H2,15,16,17,18)/t10-/m1/s1. The van der Waals surface area contributed by atoms with E-state index >= 15 is 0 Å². The van der Waals surface area contributed by atoms with Crippen molar-refractivity contribution in [2.75, 3.05) is 0 Å². The predicted molar refractivity (Wildman–Crippen MR) is 70.4 cm³/mol. The average molecular weight is 256 g/mol. The predicted octanol–water partition coefficient (Wildman–Crippen LogP) is 1.49. The number of hydrogen-bond acceptors (Lipinski definition) is 3. The largest absolute Gasteiger partial charge is 0.445 e. The van der Waals surface area contributed by atoms with Gasteiger partial charge in [0.05, 0.1) is 11.3 Å². The number of fused-ring (bicyclic) bond motifs is 1. The van der Waals surface area contributed by atoms with Crippen molar-refractivity contribution in [1.29, 1.82) is 0 Å². The van der Waals surface area contributed by atoms with Gasteiger partial charge in [0.1, 0.15) is 0 Å². The van der Waals surface area contributed by atoms with E-state index in [-0.39, 0.29) is 11.8 Å². The third-order valence-electron chi connectivity index (χ3n) is 3.08. The van der Waals surface area contributed by atoms with Gasteiger partial charge in [0.25, 0.3) is 5.56 Å². The van der Waals surface area contributed by atoms with Crippen LogP contribution in [0.5, 0.6) is 5.88 Å². The smallest absolute Gasteiger partial charge is 0.328 e. The van der Waals surface area contributed by atoms with E-state index < -0.39 is 11.2 Å². The lowest BCUT2D eigenvalue weighted by Crippen LogP contribution is -2.29. The molecule has 96 valence electrons. The minimum Gasteiger partial charge on any atom is -0.445 e. The van der Waals surface area contributed by atoms with Gasteiger partial charge in [-0.1, -0.05) is 30.3 Å². The Hall–Kier alpha value is -2.56. The first-order valence-corrected chi connectivity index (χ1v) is 5.93. The van der Waals surface area contributed by atoms with Crippen LogP contribution in [0.4, 0.5) is 0 Å². The van der Waals surface area contributed by atoms with E-state index in [1.165, 1.54) is 0 Å². The molecule has 1 aromatic heterocycles. The Morgan fingerprint density at radius 2 is 1.84 bits per heavy atom. The van der Waals surface area contributed by atoms with Gasteiger partial charge in [-0.2, -0.15) is 0 Å². The van der Waals surface area contributed by atoms with Gasteiger partial charge < -0.3 is 4.74 Å². The van der Waals surface area contributed by atoms with Crippen LogP contribution in [0.25, 0.3) is 0 Å². The Bertz CT molecular complexity index is 756. The van der Waals surface area contributed by atoms with Crippen LogP contribution in [0.3, 0.4) is 0 Å². The summed E-state index contributed by atoms with van der Waals surface area (Å²) in [5.74, 6) is 0.663. The van der Waals surface area contributed by atoms with Gasteiger partial charge in [0.15, 0.2) is 0 Å². The Balaban J connectivity index is 2.25. The second-order valence-electron chi connectivity index (χ2n) is 4.42. The highest BCUT2D eigenvalue weighted by Crippen LogP contribution is 2.33. The minimum atomic E-state index is -0.565. The highest BCUT2D eigenvalue weighted by molar-refractivity contribution is 5.43. The third kappa shape index (κ3) is 1.99. The zero-order valence-electron chi connectivity index (χ0n) is 10.3. The monoisotopic (exact) mass is 256 g/mol. The summed E-state index contributed by atoms with van der Waals surface area (Å²) in [5, 5.41) is 0. The van der Waals surface area contributed by atoms with Crippen LogP contribution in [-0.4, -0.2) is 9.97 Å². The van der Waals surface area contributed by atoms with Crippen LogP contribution in [-0.2, 0) is 0 Å². The molecule has 3 rings (SSSR count). The zero-order valence-corrected chi connectivity index (χ0v) is 10.3. The van der Waals surface area contributed by atoms with Crippen molar-refractivity contribution in [3.8, 4) is 5.88 Å². The second kappa shape index (κ2) is 4.28. The maximum Gasteiger partial charge on any atom is 0.328 e. The van der Waals surface area contributed by atoms with Crippen LogP contribution in [0, 0.1) is 0 Å². The molecule has 19 heavy (non-hydrogen) atoms. The second-order valence-corrected chi connectivity index (χ2v) is 4.42. The van der Waals surface area contributed by atoms with Gasteiger partial charge in [-0.3, -0.25) is 14.8 Å². The summed E-state index contributed by atoms with van der Waals surface area (Å²) in [4.78, 5) is 28.1. The molecule has 1 aliphatic heterocycles. The van der Waals surface area contributed by atoms with Crippen molar-refractivity contribution in [2.45, 2.75) is 12.8 Å². The summed E-state index contributed by atoms with van der Waals surface area (Å²) >= 11 is 0. The highest BCUT2D eigenvalue weighted by atomic mass is 16.5. The number of benzene rings is 1. The molecule has 2 aromatic rings. The van der Waals surface area contributed by atoms with E-state index in [9.17, 15) is 9.59 Å². The van der Waals surface area contributed by atoms with Crippen molar-refractivity contribution in [3.63, 3.8) is 0 Å². The summed E-state index contributed by atoms with van der Waals surface area (Å²) < 4.78 is 5.43. The molecule has 1 atom stereocenters. The lowest BCUT2D eigenvalue weighted by atomic mass is 9.91. The van der Waals surface area contributed by atoms with E-state index in [0.29, 0.717) is 11.3 Å². The average Bonchev–Trinajstić information content (AvgIpc) is 2.38. The first-order valence-electron chi connectivity index (χ1n) is 5.93. The molecule has 1 aliphatic rings. The van der Waals surface area contributed by atoms with Gasteiger partial charge in [0, 0.05) is 5.92 Å². The topological polar surface area (TPSA) is 75.0 Å². The molecule has 0 unspecified atom stereocenters. The summed E-state index contributed by atoms with van der Waals surface area (Å²) in [6, 6.07) is 9.61. The van der Waals surface area contributed by atoms with E-state index in [1.807, 2.05) is 36.4 Å². The summed E-state index contributed by atoms with van der Waals surface area (Å²) in [7, 11) is 0. The fraction of sp³-hybridized carbons (Fsp3) is 0.143. The molecule has 0 amide bonds. The molecule has 2 heterocycles. The van der Waals surface area contributed by atoms with Crippen LogP contribution >= 0.6 is 0 Å². The Morgan fingerprint density at radius 1 is 1.11 bits per heavy atom. The summed E-state index contributed by atoms with van der Waals surface area (Å²) in [6.07, 6.45) is 1.87. The number of aromatic nitrogens is 2. The quantitative estimate of drug-likeness (QED) is 0.811. The van der Waals surface area contributed by atoms with Gasteiger partial charge in [-0.15, -0.1) is 0 Å².